The number of aliphatic hydroxyl groups is 1. The summed E-state index contributed by atoms with van der Waals surface area (Å²) in [5, 5.41) is 12.9. The molecular weight excluding hydrogens is 1190 g/mol. The maximum absolute atomic E-state index is 14.6. The van der Waals surface area contributed by atoms with Gasteiger partial charge in [0.15, 0.2) is 28.5 Å². The Morgan fingerprint density at radius 3 is 1.28 bits per heavy atom. The molecule has 3 heterocycles. The van der Waals surface area contributed by atoms with Gasteiger partial charge in [0.1, 0.15) is 30.5 Å². The van der Waals surface area contributed by atoms with Crippen LogP contribution >= 0.6 is 0 Å². The number of hydrogen-bond donors (Lipinski definition) is 2. The molecular formula is C79H136N6O10. The van der Waals surface area contributed by atoms with Crippen LogP contribution in [0.3, 0.4) is 0 Å². The quantitative estimate of drug-likeness (QED) is 0.0401. The van der Waals surface area contributed by atoms with Crippen LogP contribution in [0.5, 0.6) is 17.2 Å². The second-order valence-corrected chi connectivity index (χ2v) is 27.8. The number of esters is 1. The maximum Gasteiger partial charge on any atom is 0.306 e. The number of anilines is 1. The summed E-state index contributed by atoms with van der Waals surface area (Å²) in [5.74, 6) is 0.108. The van der Waals surface area contributed by atoms with Crippen molar-refractivity contribution in [2.45, 2.75) is 374 Å². The average Bonchev–Trinajstić information content (AvgIpc) is 1.68. The Morgan fingerprint density at radius 2 is 0.905 bits per heavy atom. The number of hydrogen-bond acceptors (Lipinski definition) is 13. The van der Waals surface area contributed by atoms with E-state index in [1.165, 1.54) is 281 Å². The summed E-state index contributed by atoms with van der Waals surface area (Å²) in [7, 11) is 1.60. The molecule has 3 aromatic rings. The van der Waals surface area contributed by atoms with Gasteiger partial charge in [-0.2, -0.15) is 0 Å². The van der Waals surface area contributed by atoms with Gasteiger partial charge in [-0.05, 0) is 38.3 Å². The lowest BCUT2D eigenvalue weighted by molar-refractivity contribution is -0.153. The number of carbonyl (C=O) groups is 4. The fraction of sp³-hybridized carbons (Fsp3) is 0.810. The summed E-state index contributed by atoms with van der Waals surface area (Å²) >= 11 is 0. The number of benzene rings is 1. The van der Waals surface area contributed by atoms with E-state index in [1.807, 2.05) is 0 Å². The van der Waals surface area contributed by atoms with Gasteiger partial charge in [-0.1, -0.05) is 310 Å². The highest BCUT2D eigenvalue weighted by molar-refractivity contribution is 6.02. The highest BCUT2D eigenvalue weighted by atomic mass is 16.6. The lowest BCUT2D eigenvalue weighted by atomic mass is 10.0. The van der Waals surface area contributed by atoms with Crippen LogP contribution in [-0.4, -0.2) is 105 Å². The smallest absolute Gasteiger partial charge is 0.306 e. The molecule has 2 N–H and O–H groups in total. The Kier molecular flexibility index (Phi) is 47.9. The average molecular weight is 1330 g/mol. The molecule has 4 rings (SSSR count). The highest BCUT2D eigenvalue weighted by Gasteiger charge is 2.39. The number of ketones is 1. The number of rotatable bonds is 64. The van der Waals surface area contributed by atoms with Gasteiger partial charge in [0.05, 0.1) is 45.7 Å². The number of nitrogens with zero attached hydrogens (tertiary/aromatic N) is 5. The Labute approximate surface area is 576 Å². The minimum absolute atomic E-state index is 0.0639. The van der Waals surface area contributed by atoms with Crippen LogP contribution in [0.15, 0.2) is 24.8 Å². The van der Waals surface area contributed by atoms with Crippen molar-refractivity contribution in [3.8, 4) is 17.2 Å². The van der Waals surface area contributed by atoms with Gasteiger partial charge < -0.3 is 43.8 Å². The zero-order valence-corrected chi connectivity index (χ0v) is 61.0. The number of amides is 2. The number of fused-ring (bicyclic) bond motifs is 1. The molecule has 95 heavy (non-hydrogen) atoms. The normalized spacial score (nSPS) is 14.6. The van der Waals surface area contributed by atoms with Crippen molar-refractivity contribution in [1.29, 1.82) is 0 Å². The third-order valence-corrected chi connectivity index (χ3v) is 19.0. The van der Waals surface area contributed by atoms with E-state index in [1.54, 1.807) is 23.7 Å². The molecule has 1 aromatic carbocycles. The molecule has 1 aliphatic heterocycles. The Hall–Kier alpha value is -4.83. The first-order valence-electron chi connectivity index (χ1n) is 39.3. The summed E-state index contributed by atoms with van der Waals surface area (Å²) in [5.41, 5.74) is 0.970. The van der Waals surface area contributed by atoms with Crippen molar-refractivity contribution in [1.82, 2.24) is 24.4 Å². The van der Waals surface area contributed by atoms with Gasteiger partial charge in [0, 0.05) is 25.5 Å². The molecule has 2 amide bonds. The van der Waals surface area contributed by atoms with E-state index >= 15 is 0 Å². The number of nitrogens with one attached hydrogen (secondary N) is 1. The fourth-order valence-electron chi connectivity index (χ4n) is 13.0. The zero-order chi connectivity index (χ0) is 68.0. The van der Waals surface area contributed by atoms with Crippen LogP contribution in [0.25, 0.3) is 11.2 Å². The number of likely N-dealkylation sites (N-methyl/N-ethyl adjacent to an activating group) is 1. The topological polar surface area (TPSA) is 194 Å². The summed E-state index contributed by atoms with van der Waals surface area (Å²) in [6.45, 7) is 9.05. The van der Waals surface area contributed by atoms with E-state index < -0.39 is 36.9 Å². The second-order valence-electron chi connectivity index (χ2n) is 27.8. The Morgan fingerprint density at radius 1 is 0.526 bits per heavy atom. The van der Waals surface area contributed by atoms with Crippen molar-refractivity contribution in [2.24, 2.45) is 0 Å². The van der Waals surface area contributed by atoms with E-state index in [9.17, 15) is 24.3 Å². The first-order chi connectivity index (χ1) is 46.6. The van der Waals surface area contributed by atoms with Crippen molar-refractivity contribution < 1.29 is 48.0 Å². The van der Waals surface area contributed by atoms with E-state index in [0.717, 1.165) is 51.4 Å². The van der Waals surface area contributed by atoms with Gasteiger partial charge in [-0.25, -0.2) is 15.0 Å². The number of Topliss-reactive ketones (excluding diaryl/α,β-unsaturated/α-hetero) is 1. The SMILES string of the molecule is CCCCCCCCCCCCCCCCCCOc1cc(C(=O)N(C)CC(=O)Nc2ncnc3c2ncn3[C@H]2C[C@@H](OC(=O)CCC(C)=O)[C@@H](CO)O2)cc(OCCCCCCCCCCCCCCCCCC)c1OCCCCCCCCCCCCCCCCCC. The summed E-state index contributed by atoms with van der Waals surface area (Å²) in [6, 6.07) is 3.52. The van der Waals surface area contributed by atoms with Crippen LogP contribution in [0.4, 0.5) is 5.82 Å². The van der Waals surface area contributed by atoms with Crippen LogP contribution < -0.4 is 19.5 Å². The predicted molar refractivity (Wildman–Crippen MR) is 388 cm³/mol. The van der Waals surface area contributed by atoms with Gasteiger partial charge in [0.2, 0.25) is 11.7 Å². The van der Waals surface area contributed by atoms with Crippen molar-refractivity contribution in [2.75, 3.05) is 45.3 Å². The molecule has 0 saturated carbocycles. The van der Waals surface area contributed by atoms with Gasteiger partial charge in [0.25, 0.3) is 5.91 Å². The minimum atomic E-state index is -0.803. The van der Waals surface area contributed by atoms with Gasteiger partial charge in [-0.15, -0.1) is 0 Å². The molecule has 0 aliphatic carbocycles. The molecule has 1 aliphatic rings. The predicted octanol–water partition coefficient (Wildman–Crippen LogP) is 21.0. The molecule has 1 saturated heterocycles. The largest absolute Gasteiger partial charge is 0.490 e. The summed E-state index contributed by atoms with van der Waals surface area (Å²) in [6.07, 6.45) is 62.7. The Bertz CT molecular complexity index is 2380. The molecule has 16 nitrogen and oxygen atoms in total. The molecule has 0 spiro atoms. The first-order valence-corrected chi connectivity index (χ1v) is 39.3. The number of aliphatic hydroxyl groups excluding tert-OH is 1. The number of aromatic nitrogens is 4. The summed E-state index contributed by atoms with van der Waals surface area (Å²) in [4.78, 5) is 67.1. The molecule has 0 radical (unpaired) electrons. The maximum atomic E-state index is 14.6. The number of carbonyl (C=O) groups excluding carboxylic acids is 4. The third-order valence-electron chi connectivity index (χ3n) is 19.0. The lowest BCUT2D eigenvalue weighted by Gasteiger charge is -2.21. The van der Waals surface area contributed by atoms with E-state index in [0.29, 0.717) is 48.3 Å². The molecule has 0 bridgehead atoms. The van der Waals surface area contributed by atoms with Crippen LogP contribution in [0.2, 0.25) is 0 Å². The van der Waals surface area contributed by atoms with Crippen LogP contribution in [0, 0.1) is 0 Å². The monoisotopic (exact) mass is 1330 g/mol. The van der Waals surface area contributed by atoms with Crippen molar-refractivity contribution in [3.05, 3.63) is 30.4 Å². The second kappa shape index (κ2) is 55.1. The molecule has 542 valence electrons. The van der Waals surface area contributed by atoms with E-state index in [4.69, 9.17) is 23.7 Å². The highest BCUT2D eigenvalue weighted by Crippen LogP contribution is 2.40. The standard InChI is InChI=1S/C79H136N6O10/c1-6-9-12-15-18-21-24-27-30-33-36-39-42-45-48-51-56-91-69-59-67(79(90)84(5)62-72(88)83-77-75-78(81-64-80-77)85(65-82-75)73-61-68(71(63-86)94-73)95-74(89)55-54-66(4)87)60-70(92-57-52-49-46-43-40-37-34-31-28-25-22-19-16-13-10-7-2)76(69)93-58-53-50-47-44-41-38-35-32-29-26-23-20-17-14-11-8-3/h59-60,64-65,68,71,73,86H,6-58,61-63H2,1-5H3,(H,80,81,83,88)/t68-,71-,73-/m1/s1. The van der Waals surface area contributed by atoms with Gasteiger partial charge >= 0.3 is 5.97 Å². The van der Waals surface area contributed by atoms with E-state index in [2.05, 4.69) is 41.0 Å². The molecule has 3 atom stereocenters. The molecule has 1 fully saturated rings. The number of imidazole rings is 1. The molecule has 16 heteroatoms. The lowest BCUT2D eigenvalue weighted by Crippen LogP contribution is -2.35. The number of ether oxygens (including phenoxy) is 5. The Balaban J connectivity index is 1.39. The molecule has 0 unspecified atom stereocenters. The van der Waals surface area contributed by atoms with Crippen molar-refractivity contribution in [3.63, 3.8) is 0 Å². The zero-order valence-electron chi connectivity index (χ0n) is 61.0. The fourth-order valence-corrected chi connectivity index (χ4v) is 13.0. The van der Waals surface area contributed by atoms with Crippen LogP contribution in [0.1, 0.15) is 372 Å². The number of unbranched alkanes of at least 4 members (excludes halogenated alkanes) is 45. The summed E-state index contributed by atoms with van der Waals surface area (Å²) < 4.78 is 33.3. The van der Waals surface area contributed by atoms with Crippen LogP contribution in [-0.2, 0) is 23.9 Å². The first kappa shape index (κ1) is 82.6. The van der Waals surface area contributed by atoms with E-state index in [-0.39, 0.29) is 48.8 Å². The third kappa shape index (κ3) is 37.6. The molecule has 2 aromatic heterocycles. The minimum Gasteiger partial charge on any atom is -0.490 e. The van der Waals surface area contributed by atoms with Crippen molar-refractivity contribution >= 4 is 40.5 Å². The van der Waals surface area contributed by atoms with Gasteiger partial charge in [-0.3, -0.25) is 19.0 Å².